The molecule has 2 heterocycles. The minimum absolute atomic E-state index is 0.0413. The number of rotatable bonds is 4. The molecule has 0 saturated heterocycles. The van der Waals surface area contributed by atoms with E-state index in [2.05, 4.69) is 32.0 Å². The second-order valence-corrected chi connectivity index (χ2v) is 7.84. The molecule has 4 nitrogen and oxygen atoms in total. The van der Waals surface area contributed by atoms with Crippen molar-refractivity contribution in [1.29, 1.82) is 0 Å². The van der Waals surface area contributed by atoms with E-state index in [1.165, 1.54) is 4.88 Å². The maximum absolute atomic E-state index is 12.5. The Labute approximate surface area is 141 Å². The number of aryl methyl sites for hydroxylation is 1. The topological polar surface area (TPSA) is 38.1 Å². The molecule has 0 aliphatic heterocycles. The number of hydrogen-bond donors (Lipinski definition) is 0. The van der Waals surface area contributed by atoms with Crippen LogP contribution in [0.4, 0.5) is 0 Å². The molecule has 0 bridgehead atoms. The summed E-state index contributed by atoms with van der Waals surface area (Å²) in [7, 11) is 1.99. The third-order valence-electron chi connectivity index (χ3n) is 3.48. The molecular formula is C16H16BrN3OS. The zero-order valence-corrected chi connectivity index (χ0v) is 14.8. The lowest BCUT2D eigenvalue weighted by Gasteiger charge is -2.17. The van der Waals surface area contributed by atoms with Crippen molar-refractivity contribution in [3.8, 4) is 0 Å². The van der Waals surface area contributed by atoms with Crippen LogP contribution in [-0.2, 0) is 13.2 Å². The minimum Gasteiger partial charge on any atom is -0.282 e. The van der Waals surface area contributed by atoms with E-state index in [1.54, 1.807) is 16.0 Å². The van der Waals surface area contributed by atoms with Crippen molar-refractivity contribution >= 4 is 38.0 Å². The normalized spacial score (nSPS) is 11.5. The van der Waals surface area contributed by atoms with Gasteiger partial charge in [0.1, 0.15) is 0 Å². The summed E-state index contributed by atoms with van der Waals surface area (Å²) in [6, 6.07) is 11.8. The summed E-state index contributed by atoms with van der Waals surface area (Å²) in [5.74, 6) is 0. The van der Waals surface area contributed by atoms with Crippen LogP contribution in [0.1, 0.15) is 10.6 Å². The molecule has 114 valence electrons. The van der Waals surface area contributed by atoms with Gasteiger partial charge in [-0.2, -0.15) is 5.10 Å². The van der Waals surface area contributed by atoms with Gasteiger partial charge in [-0.05, 0) is 48.1 Å². The van der Waals surface area contributed by atoms with Gasteiger partial charge in [0.2, 0.25) is 0 Å². The first-order valence-electron chi connectivity index (χ1n) is 6.94. The number of thiophene rings is 1. The highest BCUT2D eigenvalue weighted by atomic mass is 79.9. The van der Waals surface area contributed by atoms with Gasteiger partial charge in [-0.15, -0.1) is 11.3 Å². The van der Waals surface area contributed by atoms with Crippen LogP contribution < -0.4 is 5.56 Å². The van der Waals surface area contributed by atoms with E-state index < -0.39 is 0 Å². The molecular weight excluding hydrogens is 362 g/mol. The van der Waals surface area contributed by atoms with Crippen LogP contribution in [-0.4, -0.2) is 21.7 Å². The number of benzene rings is 1. The molecule has 6 heteroatoms. The first kappa shape index (κ1) is 15.4. The van der Waals surface area contributed by atoms with Crippen molar-refractivity contribution in [2.45, 2.75) is 20.1 Å². The summed E-state index contributed by atoms with van der Waals surface area (Å²) in [5, 5.41) is 6.09. The van der Waals surface area contributed by atoms with E-state index in [9.17, 15) is 4.79 Å². The molecule has 0 N–H and O–H groups in total. The Balaban J connectivity index is 1.87. The highest BCUT2D eigenvalue weighted by Crippen LogP contribution is 2.23. The summed E-state index contributed by atoms with van der Waals surface area (Å²) < 4.78 is 2.66. The van der Waals surface area contributed by atoms with Gasteiger partial charge in [-0.1, -0.05) is 18.2 Å². The Hall–Kier alpha value is -1.50. The smallest absolute Gasteiger partial charge is 0.275 e. The van der Waals surface area contributed by atoms with Gasteiger partial charge in [0, 0.05) is 16.8 Å². The number of fused-ring (bicyclic) bond motifs is 1. The maximum atomic E-state index is 12.5. The van der Waals surface area contributed by atoms with E-state index in [1.807, 2.05) is 44.3 Å². The second kappa shape index (κ2) is 6.32. The van der Waals surface area contributed by atoms with Crippen molar-refractivity contribution in [2.75, 3.05) is 7.05 Å². The van der Waals surface area contributed by atoms with Crippen LogP contribution in [0.2, 0.25) is 0 Å². The van der Waals surface area contributed by atoms with Crippen molar-refractivity contribution in [2.24, 2.45) is 0 Å². The second-order valence-electron chi connectivity index (χ2n) is 5.30. The number of aromatic nitrogens is 2. The monoisotopic (exact) mass is 377 g/mol. The number of hydrogen-bond acceptors (Lipinski definition) is 4. The molecule has 0 saturated carbocycles. The van der Waals surface area contributed by atoms with Crippen LogP contribution in [0.25, 0.3) is 10.8 Å². The van der Waals surface area contributed by atoms with Gasteiger partial charge in [-0.25, -0.2) is 4.68 Å². The largest absolute Gasteiger partial charge is 0.282 e. The fourth-order valence-corrected chi connectivity index (χ4v) is 4.05. The fourth-order valence-electron chi connectivity index (χ4n) is 2.48. The number of halogens is 1. The standard InChI is InChI=1S/C16H16BrN3OS/c1-11-13-5-3-4-6-14(13)16(21)20(18-11)10-19(2)9-12-7-8-15(17)22-12/h3-8H,9-10H2,1-2H3. The highest BCUT2D eigenvalue weighted by molar-refractivity contribution is 9.11. The van der Waals surface area contributed by atoms with Gasteiger partial charge in [0.25, 0.3) is 5.56 Å². The summed E-state index contributed by atoms with van der Waals surface area (Å²) in [5.41, 5.74) is 0.836. The predicted octanol–water partition coefficient (Wildman–Crippen LogP) is 3.62. The molecule has 3 aromatic rings. The Kier molecular flexibility index (Phi) is 4.42. The van der Waals surface area contributed by atoms with Crippen molar-refractivity contribution in [1.82, 2.24) is 14.7 Å². The van der Waals surface area contributed by atoms with Crippen LogP contribution in [0.15, 0.2) is 45.0 Å². The van der Waals surface area contributed by atoms with Gasteiger partial charge >= 0.3 is 0 Å². The van der Waals surface area contributed by atoms with Crippen molar-refractivity contribution in [3.63, 3.8) is 0 Å². The molecule has 0 fully saturated rings. The molecule has 0 spiro atoms. The number of nitrogens with zero attached hydrogens (tertiary/aromatic N) is 3. The third-order valence-corrected chi connectivity index (χ3v) is 5.09. The van der Waals surface area contributed by atoms with Crippen molar-refractivity contribution in [3.05, 3.63) is 61.1 Å². The summed E-state index contributed by atoms with van der Waals surface area (Å²) in [6.07, 6.45) is 0. The van der Waals surface area contributed by atoms with E-state index in [-0.39, 0.29) is 5.56 Å². The van der Waals surface area contributed by atoms with Crippen LogP contribution in [0.5, 0.6) is 0 Å². The maximum Gasteiger partial charge on any atom is 0.275 e. The van der Waals surface area contributed by atoms with Crippen molar-refractivity contribution < 1.29 is 0 Å². The molecule has 3 rings (SSSR count). The first-order chi connectivity index (χ1) is 10.5. The SMILES string of the molecule is Cc1nn(CN(C)Cc2ccc(Br)s2)c(=O)c2ccccc12. The quantitative estimate of drug-likeness (QED) is 0.696. The summed E-state index contributed by atoms with van der Waals surface area (Å²) in [4.78, 5) is 15.9. The molecule has 0 aliphatic rings. The average molecular weight is 378 g/mol. The minimum atomic E-state index is -0.0413. The van der Waals surface area contributed by atoms with Gasteiger partial charge in [0.15, 0.2) is 0 Å². The van der Waals surface area contributed by atoms with E-state index in [0.717, 1.165) is 26.8 Å². The molecule has 0 amide bonds. The first-order valence-corrected chi connectivity index (χ1v) is 8.55. The summed E-state index contributed by atoms with van der Waals surface area (Å²) >= 11 is 5.17. The Morgan fingerprint density at radius 2 is 1.95 bits per heavy atom. The molecule has 2 aromatic heterocycles. The molecule has 1 aromatic carbocycles. The van der Waals surface area contributed by atoms with E-state index >= 15 is 0 Å². The Morgan fingerprint density at radius 1 is 1.23 bits per heavy atom. The lowest BCUT2D eigenvalue weighted by Crippen LogP contribution is -2.31. The lowest BCUT2D eigenvalue weighted by atomic mass is 10.1. The molecule has 0 radical (unpaired) electrons. The fraction of sp³-hybridized carbons (Fsp3) is 0.250. The average Bonchev–Trinajstić information content (AvgIpc) is 2.89. The Bertz CT molecular complexity index is 871. The zero-order chi connectivity index (χ0) is 15.7. The van der Waals surface area contributed by atoms with E-state index in [4.69, 9.17) is 0 Å². The molecule has 22 heavy (non-hydrogen) atoms. The van der Waals surface area contributed by atoms with Crippen LogP contribution >= 0.6 is 27.3 Å². The predicted molar refractivity (Wildman–Crippen MR) is 94.2 cm³/mol. The van der Waals surface area contributed by atoms with Gasteiger partial charge in [-0.3, -0.25) is 9.69 Å². The van der Waals surface area contributed by atoms with Crippen LogP contribution in [0, 0.1) is 6.92 Å². The summed E-state index contributed by atoms with van der Waals surface area (Å²) in [6.45, 7) is 3.20. The van der Waals surface area contributed by atoms with Crippen LogP contribution in [0.3, 0.4) is 0 Å². The lowest BCUT2D eigenvalue weighted by molar-refractivity contribution is 0.242. The zero-order valence-electron chi connectivity index (χ0n) is 12.4. The highest BCUT2D eigenvalue weighted by Gasteiger charge is 2.10. The third kappa shape index (κ3) is 3.14. The Morgan fingerprint density at radius 3 is 2.64 bits per heavy atom. The molecule has 0 unspecified atom stereocenters. The van der Waals surface area contributed by atoms with Gasteiger partial charge in [0.05, 0.1) is 21.5 Å². The molecule has 0 aliphatic carbocycles. The van der Waals surface area contributed by atoms with E-state index in [0.29, 0.717) is 6.67 Å². The molecule has 0 atom stereocenters. The van der Waals surface area contributed by atoms with Gasteiger partial charge < -0.3 is 0 Å².